The van der Waals surface area contributed by atoms with Gasteiger partial charge in [-0.1, -0.05) is 11.6 Å². The van der Waals surface area contributed by atoms with Gasteiger partial charge in [-0.25, -0.2) is 0 Å². The minimum Gasteiger partial charge on any atom is -0.493 e. The van der Waals surface area contributed by atoms with Crippen LogP contribution in [0.1, 0.15) is 40.5 Å². The highest BCUT2D eigenvalue weighted by atomic mass is 35.5. The molecule has 0 aromatic heterocycles. The maximum Gasteiger partial charge on any atom is 0.252 e. The van der Waals surface area contributed by atoms with Crippen LogP contribution in [0.5, 0.6) is 11.5 Å². The van der Waals surface area contributed by atoms with Crippen molar-refractivity contribution in [3.63, 3.8) is 0 Å². The first kappa shape index (κ1) is 25.2. The fourth-order valence-corrected chi connectivity index (χ4v) is 3.05. The number of hydrogen-bond acceptors (Lipinski definition) is 6. The summed E-state index contributed by atoms with van der Waals surface area (Å²) in [4.78, 5) is 35.8. The lowest BCUT2D eigenvalue weighted by atomic mass is 10.1. The fraction of sp³-hybridized carbons (Fsp3) is 0.348. The molecule has 2 rings (SSSR count). The van der Waals surface area contributed by atoms with Gasteiger partial charge < -0.3 is 24.8 Å². The minimum absolute atomic E-state index is 0.0635. The van der Waals surface area contributed by atoms with E-state index in [4.69, 9.17) is 25.8 Å². The summed E-state index contributed by atoms with van der Waals surface area (Å²) in [6, 6.07) is 9.66. The Labute approximate surface area is 192 Å². The molecule has 0 aliphatic rings. The molecule has 0 radical (unpaired) electrons. The van der Waals surface area contributed by atoms with E-state index in [9.17, 15) is 14.4 Å². The molecular weight excluding hydrogens is 436 g/mol. The van der Waals surface area contributed by atoms with E-state index >= 15 is 0 Å². The Kier molecular flexibility index (Phi) is 9.97. The van der Waals surface area contributed by atoms with Gasteiger partial charge >= 0.3 is 0 Å². The van der Waals surface area contributed by atoms with Crippen molar-refractivity contribution in [2.75, 3.05) is 39.3 Å². The highest BCUT2D eigenvalue weighted by Gasteiger charge is 2.12. The van der Waals surface area contributed by atoms with Crippen molar-refractivity contribution >= 4 is 34.9 Å². The van der Waals surface area contributed by atoms with Crippen LogP contribution in [0.3, 0.4) is 0 Å². The summed E-state index contributed by atoms with van der Waals surface area (Å²) in [5.74, 6) is 0.383. The zero-order chi connectivity index (χ0) is 23.5. The van der Waals surface area contributed by atoms with Crippen LogP contribution in [0, 0.1) is 0 Å². The first-order valence-corrected chi connectivity index (χ1v) is 10.4. The van der Waals surface area contributed by atoms with Crippen LogP contribution in [-0.2, 0) is 9.53 Å². The second kappa shape index (κ2) is 12.7. The zero-order valence-electron chi connectivity index (χ0n) is 18.3. The molecule has 0 fully saturated rings. The van der Waals surface area contributed by atoms with E-state index in [1.54, 1.807) is 37.4 Å². The fourth-order valence-electron chi connectivity index (χ4n) is 2.78. The smallest absolute Gasteiger partial charge is 0.252 e. The van der Waals surface area contributed by atoms with Crippen LogP contribution >= 0.6 is 11.6 Å². The number of benzene rings is 2. The van der Waals surface area contributed by atoms with E-state index in [1.165, 1.54) is 20.1 Å². The summed E-state index contributed by atoms with van der Waals surface area (Å²) in [6.45, 7) is 2.55. The Balaban J connectivity index is 1.81. The zero-order valence-corrected chi connectivity index (χ0v) is 19.1. The predicted molar refractivity (Wildman–Crippen MR) is 122 cm³/mol. The summed E-state index contributed by atoms with van der Waals surface area (Å²) in [5.41, 5.74) is 1.35. The molecule has 0 spiro atoms. The van der Waals surface area contributed by atoms with Crippen molar-refractivity contribution in [1.82, 2.24) is 5.32 Å². The van der Waals surface area contributed by atoms with Gasteiger partial charge in [-0.05, 0) is 49.7 Å². The van der Waals surface area contributed by atoms with E-state index < -0.39 is 0 Å². The molecule has 2 aromatic rings. The maximum atomic E-state index is 12.2. The third-order valence-electron chi connectivity index (χ3n) is 4.47. The van der Waals surface area contributed by atoms with Crippen molar-refractivity contribution in [3.05, 3.63) is 52.5 Å². The Morgan fingerprint density at radius 1 is 1.00 bits per heavy atom. The molecule has 8 nitrogen and oxygen atoms in total. The van der Waals surface area contributed by atoms with E-state index in [0.717, 1.165) is 0 Å². The molecule has 0 bridgehead atoms. The molecule has 2 amide bonds. The number of rotatable bonds is 12. The Morgan fingerprint density at radius 3 is 2.44 bits per heavy atom. The van der Waals surface area contributed by atoms with Crippen molar-refractivity contribution in [1.29, 1.82) is 0 Å². The summed E-state index contributed by atoms with van der Waals surface area (Å²) >= 11 is 6.18. The van der Waals surface area contributed by atoms with Gasteiger partial charge in [-0.15, -0.1) is 0 Å². The van der Waals surface area contributed by atoms with E-state index in [0.29, 0.717) is 54.5 Å². The lowest BCUT2D eigenvalue weighted by Gasteiger charge is -2.12. The number of anilines is 1. The SMILES string of the molecule is COCCNC(=O)c1ccc(NC(=O)CCCOc2ccc(C(C)=O)cc2OC)cc1Cl. The standard InChI is InChI=1S/C23H27ClN2O6/c1-15(27)16-6-9-20(21(13-16)31-3)32-11-4-5-22(28)26-17-7-8-18(19(24)14-17)23(29)25-10-12-30-2/h6-9,13-14H,4-5,10-12H2,1-3H3,(H,25,29)(H,26,28). The number of halogens is 1. The normalized spacial score (nSPS) is 10.4. The minimum atomic E-state index is -0.311. The summed E-state index contributed by atoms with van der Waals surface area (Å²) in [7, 11) is 3.05. The maximum absolute atomic E-state index is 12.2. The van der Waals surface area contributed by atoms with Gasteiger partial charge in [0, 0.05) is 31.3 Å². The molecule has 0 saturated heterocycles. The first-order valence-electron chi connectivity index (χ1n) is 10.0. The average Bonchev–Trinajstić information content (AvgIpc) is 2.76. The van der Waals surface area contributed by atoms with Crippen molar-refractivity contribution in [2.24, 2.45) is 0 Å². The topological polar surface area (TPSA) is 103 Å². The summed E-state index contributed by atoms with van der Waals surface area (Å²) < 4.78 is 15.8. The van der Waals surface area contributed by atoms with Crippen LogP contribution in [0.15, 0.2) is 36.4 Å². The third kappa shape index (κ3) is 7.55. The quantitative estimate of drug-likeness (QED) is 0.368. The number of ether oxygens (including phenoxy) is 3. The molecule has 2 aromatic carbocycles. The van der Waals surface area contributed by atoms with Crippen molar-refractivity contribution in [3.8, 4) is 11.5 Å². The van der Waals surface area contributed by atoms with Gasteiger partial charge in [0.05, 0.1) is 30.9 Å². The van der Waals surface area contributed by atoms with E-state index in [1.807, 2.05) is 0 Å². The average molecular weight is 463 g/mol. The predicted octanol–water partition coefficient (Wildman–Crippen LogP) is 3.73. The van der Waals surface area contributed by atoms with Gasteiger partial charge in [-0.2, -0.15) is 0 Å². The molecule has 0 aliphatic heterocycles. The number of nitrogens with one attached hydrogen (secondary N) is 2. The molecule has 0 saturated carbocycles. The lowest BCUT2D eigenvalue weighted by molar-refractivity contribution is -0.116. The van der Waals surface area contributed by atoms with Gasteiger partial charge in [0.1, 0.15) is 0 Å². The molecule has 0 heterocycles. The van der Waals surface area contributed by atoms with Gasteiger partial charge in [0.15, 0.2) is 17.3 Å². The van der Waals surface area contributed by atoms with Gasteiger partial charge in [-0.3, -0.25) is 14.4 Å². The molecule has 0 aliphatic carbocycles. The largest absolute Gasteiger partial charge is 0.493 e. The number of ketones is 1. The van der Waals surface area contributed by atoms with Crippen LogP contribution in [0.4, 0.5) is 5.69 Å². The van der Waals surface area contributed by atoms with Crippen molar-refractivity contribution < 1.29 is 28.6 Å². The van der Waals surface area contributed by atoms with Gasteiger partial charge in [0.2, 0.25) is 5.91 Å². The van der Waals surface area contributed by atoms with Crippen LogP contribution in [-0.4, -0.2) is 51.6 Å². The first-order chi connectivity index (χ1) is 15.3. The summed E-state index contributed by atoms with van der Waals surface area (Å²) in [6.07, 6.45) is 0.696. The molecular formula is C23H27ClN2O6. The number of Topliss-reactive ketones (excluding diaryl/α,β-unsaturated/α-hetero) is 1. The number of amides is 2. The van der Waals surface area contributed by atoms with E-state index in [-0.39, 0.29) is 29.0 Å². The third-order valence-corrected chi connectivity index (χ3v) is 4.78. The van der Waals surface area contributed by atoms with E-state index in [2.05, 4.69) is 10.6 Å². The number of hydrogen-bond donors (Lipinski definition) is 2. The molecule has 32 heavy (non-hydrogen) atoms. The monoisotopic (exact) mass is 462 g/mol. The van der Waals surface area contributed by atoms with Crippen molar-refractivity contribution in [2.45, 2.75) is 19.8 Å². The highest BCUT2D eigenvalue weighted by molar-refractivity contribution is 6.34. The number of methoxy groups -OCH3 is 2. The van der Waals surface area contributed by atoms with Crippen LogP contribution in [0.25, 0.3) is 0 Å². The Bertz CT molecular complexity index is 963. The number of carbonyl (C=O) groups is 3. The Morgan fingerprint density at radius 2 is 1.78 bits per heavy atom. The lowest BCUT2D eigenvalue weighted by Crippen LogP contribution is -2.27. The molecule has 0 atom stereocenters. The molecule has 0 unspecified atom stereocenters. The Hall–Kier alpha value is -3.10. The molecule has 9 heteroatoms. The van der Waals surface area contributed by atoms with Gasteiger partial charge in [0.25, 0.3) is 5.91 Å². The van der Waals surface area contributed by atoms with Crippen LogP contribution in [0.2, 0.25) is 5.02 Å². The molecule has 172 valence electrons. The highest BCUT2D eigenvalue weighted by Crippen LogP contribution is 2.28. The van der Waals surface area contributed by atoms with Crippen LogP contribution < -0.4 is 20.1 Å². The summed E-state index contributed by atoms with van der Waals surface area (Å²) in [5, 5.41) is 5.68. The second-order valence-corrected chi connectivity index (χ2v) is 7.27. The molecule has 2 N–H and O–H groups in total. The second-order valence-electron chi connectivity index (χ2n) is 6.87. The number of carbonyl (C=O) groups excluding carboxylic acids is 3.